The van der Waals surface area contributed by atoms with Crippen molar-refractivity contribution in [1.82, 2.24) is 25.6 Å². The van der Waals surface area contributed by atoms with Crippen molar-refractivity contribution in [2.24, 2.45) is 0 Å². The van der Waals surface area contributed by atoms with Gasteiger partial charge in [0.05, 0.1) is 10.7 Å². The third kappa shape index (κ3) is 5.91. The highest BCUT2D eigenvalue weighted by Crippen LogP contribution is 2.33. The molecule has 0 aliphatic heterocycles. The summed E-state index contributed by atoms with van der Waals surface area (Å²) in [6.45, 7) is 4.37. The maximum atomic E-state index is 12.2. The molecule has 0 radical (unpaired) electrons. The number of hydrogen-bond acceptors (Lipinski definition) is 7. The molecule has 1 aliphatic rings. The van der Waals surface area contributed by atoms with E-state index >= 15 is 0 Å². The first kappa shape index (κ1) is 22.5. The molecule has 3 rings (SSSR count). The Balaban J connectivity index is 1.53. The molecule has 2 N–H and O–H groups in total. The molecule has 10 nitrogen and oxygen atoms in total. The van der Waals surface area contributed by atoms with Gasteiger partial charge in [0.15, 0.2) is 5.16 Å². The predicted octanol–water partition coefficient (Wildman–Crippen LogP) is 2.97. The van der Waals surface area contributed by atoms with Crippen molar-refractivity contribution in [2.45, 2.75) is 49.7 Å². The van der Waals surface area contributed by atoms with Gasteiger partial charge in [-0.05, 0) is 25.0 Å². The lowest BCUT2D eigenvalue weighted by molar-refractivity contribution is -0.384. The lowest BCUT2D eigenvalue weighted by Crippen LogP contribution is -2.42. The van der Waals surface area contributed by atoms with Gasteiger partial charge in [0.25, 0.3) is 11.6 Å². The number of amides is 2. The van der Waals surface area contributed by atoms with Crippen molar-refractivity contribution in [3.05, 3.63) is 58.4 Å². The molecule has 0 atom stereocenters. The average Bonchev–Trinajstić information content (AvgIpc) is 3.19. The summed E-state index contributed by atoms with van der Waals surface area (Å²) in [4.78, 5) is 34.4. The normalized spacial score (nSPS) is 14.1. The number of non-ortho nitro benzene ring substituents is 1. The minimum Gasteiger partial charge on any atom is -0.302 e. The Labute approximate surface area is 183 Å². The van der Waals surface area contributed by atoms with E-state index < -0.39 is 16.7 Å². The van der Waals surface area contributed by atoms with Gasteiger partial charge < -0.3 is 4.57 Å². The van der Waals surface area contributed by atoms with Gasteiger partial charge in [0.1, 0.15) is 5.82 Å². The zero-order valence-electron chi connectivity index (χ0n) is 17.0. The number of rotatable bonds is 8. The van der Waals surface area contributed by atoms with Crippen LogP contribution >= 0.6 is 11.8 Å². The zero-order valence-corrected chi connectivity index (χ0v) is 17.8. The molecule has 164 valence electrons. The maximum absolute atomic E-state index is 12.2. The molecule has 0 spiro atoms. The maximum Gasteiger partial charge on any atom is 0.269 e. The molecule has 1 fully saturated rings. The van der Waals surface area contributed by atoms with Gasteiger partial charge >= 0.3 is 0 Å². The van der Waals surface area contributed by atoms with E-state index in [4.69, 9.17) is 0 Å². The zero-order chi connectivity index (χ0) is 22.2. The number of hydrogen-bond donors (Lipinski definition) is 2. The standard InChI is InChI=1S/C20H24N6O4S/c1-2-12-25-18(14-6-4-3-5-7-14)22-24-20(25)31-13-17(27)21-23-19(28)15-8-10-16(11-9-15)26(29)30/h2,8-11,14H,1,3-7,12-13H2,(H,21,27)(H,23,28). The van der Waals surface area contributed by atoms with Crippen LogP contribution in [0.3, 0.4) is 0 Å². The summed E-state index contributed by atoms with van der Waals surface area (Å²) in [5.74, 6) is 0.384. The molecule has 1 heterocycles. The van der Waals surface area contributed by atoms with Crippen molar-refractivity contribution < 1.29 is 14.5 Å². The number of carbonyl (C=O) groups excluding carboxylic acids is 2. The van der Waals surface area contributed by atoms with Crippen molar-refractivity contribution in [3.63, 3.8) is 0 Å². The van der Waals surface area contributed by atoms with E-state index in [1.54, 1.807) is 6.08 Å². The Kier molecular flexibility index (Phi) is 7.76. The highest BCUT2D eigenvalue weighted by Gasteiger charge is 2.23. The van der Waals surface area contributed by atoms with Crippen LogP contribution in [0.4, 0.5) is 5.69 Å². The number of benzene rings is 1. The number of aromatic nitrogens is 3. The summed E-state index contributed by atoms with van der Waals surface area (Å²) in [6.07, 6.45) is 7.59. The molecule has 1 saturated carbocycles. The number of nitro benzene ring substituents is 1. The monoisotopic (exact) mass is 444 g/mol. The first-order chi connectivity index (χ1) is 15.0. The highest BCUT2D eigenvalue weighted by atomic mass is 32.2. The van der Waals surface area contributed by atoms with Gasteiger partial charge in [-0.3, -0.25) is 30.6 Å². The average molecular weight is 445 g/mol. The summed E-state index contributed by atoms with van der Waals surface area (Å²) in [6, 6.07) is 5.09. The molecule has 0 bridgehead atoms. The van der Waals surface area contributed by atoms with Crippen LogP contribution in [-0.2, 0) is 11.3 Å². The Morgan fingerprint density at radius 1 is 1.19 bits per heavy atom. The van der Waals surface area contributed by atoms with E-state index in [1.165, 1.54) is 55.3 Å². The number of nitrogens with one attached hydrogen (secondary N) is 2. The van der Waals surface area contributed by atoms with Gasteiger partial charge in [-0.1, -0.05) is 37.1 Å². The van der Waals surface area contributed by atoms with Gasteiger partial charge in [0, 0.05) is 30.2 Å². The van der Waals surface area contributed by atoms with Crippen LogP contribution in [0.2, 0.25) is 0 Å². The lowest BCUT2D eigenvalue weighted by atomic mass is 9.89. The number of carbonyl (C=O) groups is 2. The Bertz CT molecular complexity index is 953. The quantitative estimate of drug-likeness (QED) is 0.277. The SMILES string of the molecule is C=CCn1c(SCC(=O)NNC(=O)c2ccc([N+](=O)[O-])cc2)nnc1C1CCCCC1. The van der Waals surface area contributed by atoms with E-state index in [1.807, 2.05) is 4.57 Å². The summed E-state index contributed by atoms with van der Waals surface area (Å²) in [5, 5.41) is 19.9. The highest BCUT2D eigenvalue weighted by molar-refractivity contribution is 7.99. The molecular weight excluding hydrogens is 420 g/mol. The van der Waals surface area contributed by atoms with Crippen LogP contribution in [0.1, 0.15) is 54.2 Å². The molecule has 2 amide bonds. The lowest BCUT2D eigenvalue weighted by Gasteiger charge is -2.21. The Morgan fingerprint density at radius 3 is 2.55 bits per heavy atom. The van der Waals surface area contributed by atoms with Gasteiger partial charge in [-0.2, -0.15) is 0 Å². The summed E-state index contributed by atoms with van der Waals surface area (Å²) >= 11 is 1.24. The van der Waals surface area contributed by atoms with E-state index in [2.05, 4.69) is 27.6 Å². The topological polar surface area (TPSA) is 132 Å². The number of thioether (sulfide) groups is 1. The second-order valence-corrected chi connectivity index (χ2v) is 8.11. The minimum absolute atomic E-state index is 0.0421. The van der Waals surface area contributed by atoms with Crippen molar-refractivity contribution in [1.29, 1.82) is 0 Å². The summed E-state index contributed by atoms with van der Waals surface area (Å²) in [7, 11) is 0. The van der Waals surface area contributed by atoms with Crippen molar-refractivity contribution in [3.8, 4) is 0 Å². The third-order valence-corrected chi connectivity index (χ3v) is 5.98. The van der Waals surface area contributed by atoms with Gasteiger partial charge in [0.2, 0.25) is 5.91 Å². The summed E-state index contributed by atoms with van der Waals surface area (Å²) in [5.41, 5.74) is 4.72. The Hall–Kier alpha value is -3.21. The van der Waals surface area contributed by atoms with Gasteiger partial charge in [-0.25, -0.2) is 0 Å². The molecule has 1 aromatic heterocycles. The fraction of sp³-hybridized carbons (Fsp3) is 0.400. The number of hydrazine groups is 1. The molecule has 0 saturated heterocycles. The van der Waals surface area contributed by atoms with Crippen LogP contribution in [0.15, 0.2) is 42.1 Å². The predicted molar refractivity (Wildman–Crippen MR) is 115 cm³/mol. The minimum atomic E-state index is -0.567. The molecule has 1 aliphatic carbocycles. The number of nitro groups is 1. The Morgan fingerprint density at radius 2 is 1.90 bits per heavy atom. The van der Waals surface area contributed by atoms with E-state index in [0.29, 0.717) is 17.6 Å². The smallest absolute Gasteiger partial charge is 0.269 e. The van der Waals surface area contributed by atoms with Crippen LogP contribution < -0.4 is 10.9 Å². The molecule has 1 aromatic carbocycles. The fourth-order valence-corrected chi connectivity index (χ4v) is 4.22. The van der Waals surface area contributed by atoms with Crippen LogP contribution in [0.5, 0.6) is 0 Å². The number of nitrogens with zero attached hydrogens (tertiary/aromatic N) is 4. The fourth-order valence-electron chi connectivity index (χ4n) is 3.47. The van der Waals surface area contributed by atoms with Crippen molar-refractivity contribution >= 4 is 29.3 Å². The second kappa shape index (κ2) is 10.7. The molecule has 0 unspecified atom stereocenters. The van der Waals surface area contributed by atoms with Crippen molar-refractivity contribution in [2.75, 3.05) is 5.75 Å². The van der Waals surface area contributed by atoms with E-state index in [0.717, 1.165) is 18.7 Å². The molecule has 31 heavy (non-hydrogen) atoms. The third-order valence-electron chi connectivity index (χ3n) is 5.02. The van der Waals surface area contributed by atoms with E-state index in [-0.39, 0.29) is 17.0 Å². The van der Waals surface area contributed by atoms with Crippen LogP contribution in [0, 0.1) is 10.1 Å². The molecule has 11 heteroatoms. The second-order valence-electron chi connectivity index (χ2n) is 7.17. The van der Waals surface area contributed by atoms with Crippen LogP contribution in [0.25, 0.3) is 0 Å². The van der Waals surface area contributed by atoms with Gasteiger partial charge in [-0.15, -0.1) is 16.8 Å². The largest absolute Gasteiger partial charge is 0.302 e. The first-order valence-electron chi connectivity index (χ1n) is 10.00. The van der Waals surface area contributed by atoms with E-state index in [9.17, 15) is 19.7 Å². The summed E-state index contributed by atoms with van der Waals surface area (Å²) < 4.78 is 2.00. The molecule has 2 aromatic rings. The first-order valence-corrected chi connectivity index (χ1v) is 11.0. The molecular formula is C20H24N6O4S. The number of allylic oxidation sites excluding steroid dienone is 1. The van der Waals surface area contributed by atoms with Crippen LogP contribution in [-0.4, -0.2) is 37.3 Å².